The second kappa shape index (κ2) is 5.13. The second-order valence-electron chi connectivity index (χ2n) is 7.78. The third kappa shape index (κ3) is 2.75. The van der Waals surface area contributed by atoms with Crippen molar-refractivity contribution in [2.75, 3.05) is 13.1 Å². The highest BCUT2D eigenvalue weighted by Crippen LogP contribution is 2.44. The summed E-state index contributed by atoms with van der Waals surface area (Å²) in [6.45, 7) is 11.7. The molecule has 18 heavy (non-hydrogen) atoms. The van der Waals surface area contributed by atoms with Gasteiger partial charge >= 0.3 is 0 Å². The Morgan fingerprint density at radius 1 is 1.06 bits per heavy atom. The summed E-state index contributed by atoms with van der Waals surface area (Å²) in [5.74, 6) is 0.847. The van der Waals surface area contributed by atoms with Gasteiger partial charge in [0.1, 0.15) is 0 Å². The largest absolute Gasteiger partial charge is 0.329 e. The predicted octanol–water partition coefficient (Wildman–Crippen LogP) is 3.40. The van der Waals surface area contributed by atoms with Crippen molar-refractivity contribution in [2.45, 2.75) is 77.8 Å². The topological polar surface area (TPSA) is 29.3 Å². The summed E-state index contributed by atoms with van der Waals surface area (Å²) < 4.78 is 0. The maximum atomic E-state index is 6.22. The van der Waals surface area contributed by atoms with Crippen molar-refractivity contribution in [1.82, 2.24) is 4.90 Å². The first-order valence-corrected chi connectivity index (χ1v) is 7.85. The lowest BCUT2D eigenvalue weighted by Crippen LogP contribution is -2.61. The number of hydrogen-bond donors (Lipinski definition) is 1. The molecule has 1 aliphatic carbocycles. The van der Waals surface area contributed by atoms with Crippen molar-refractivity contribution in [3.05, 3.63) is 0 Å². The molecular weight excluding hydrogens is 220 g/mol. The molecular formula is C16H32N2. The first-order valence-electron chi connectivity index (χ1n) is 7.85. The lowest BCUT2D eigenvalue weighted by molar-refractivity contribution is -0.0315. The van der Waals surface area contributed by atoms with E-state index < -0.39 is 0 Å². The summed E-state index contributed by atoms with van der Waals surface area (Å²) in [5.41, 5.74) is 7.06. The Morgan fingerprint density at radius 3 is 2.22 bits per heavy atom. The first kappa shape index (κ1) is 14.3. The van der Waals surface area contributed by atoms with Crippen LogP contribution in [0.3, 0.4) is 0 Å². The van der Waals surface area contributed by atoms with E-state index in [0.29, 0.717) is 11.0 Å². The quantitative estimate of drug-likeness (QED) is 0.816. The van der Waals surface area contributed by atoms with Crippen molar-refractivity contribution in [1.29, 1.82) is 0 Å². The number of nitrogens with two attached hydrogens (primary N) is 1. The lowest BCUT2D eigenvalue weighted by atomic mass is 9.67. The van der Waals surface area contributed by atoms with Gasteiger partial charge in [-0.05, 0) is 56.8 Å². The monoisotopic (exact) mass is 252 g/mol. The summed E-state index contributed by atoms with van der Waals surface area (Å²) in [4.78, 5) is 2.77. The van der Waals surface area contributed by atoms with Crippen LogP contribution in [-0.2, 0) is 0 Å². The van der Waals surface area contributed by atoms with Gasteiger partial charge in [0.15, 0.2) is 0 Å². The van der Waals surface area contributed by atoms with E-state index in [1.807, 2.05) is 0 Å². The molecule has 0 spiro atoms. The minimum Gasteiger partial charge on any atom is -0.329 e. The Kier molecular flexibility index (Phi) is 4.08. The van der Waals surface area contributed by atoms with Crippen LogP contribution in [-0.4, -0.2) is 29.6 Å². The van der Waals surface area contributed by atoms with Crippen molar-refractivity contribution in [3.63, 3.8) is 0 Å². The molecule has 2 unspecified atom stereocenters. The molecule has 1 saturated heterocycles. The number of hydrogen-bond acceptors (Lipinski definition) is 2. The number of likely N-dealkylation sites (tertiary alicyclic amines) is 1. The van der Waals surface area contributed by atoms with Gasteiger partial charge in [-0.15, -0.1) is 0 Å². The number of piperidine rings is 1. The summed E-state index contributed by atoms with van der Waals surface area (Å²) in [6, 6.07) is 0.728. The van der Waals surface area contributed by atoms with Crippen molar-refractivity contribution in [2.24, 2.45) is 17.1 Å². The number of nitrogens with zero attached hydrogens (tertiary/aromatic N) is 1. The average molecular weight is 252 g/mol. The minimum absolute atomic E-state index is 0.309. The zero-order valence-electron chi connectivity index (χ0n) is 12.8. The standard InChI is InChI=1S/C16H32N2/c1-13-5-6-14(2)18(11-13)16(12-17)9-7-15(3,4)8-10-16/h13-14H,5-12,17H2,1-4H3. The van der Waals surface area contributed by atoms with Crippen LogP contribution < -0.4 is 5.73 Å². The Labute approximate surface area is 113 Å². The second-order valence-corrected chi connectivity index (χ2v) is 7.78. The highest BCUT2D eigenvalue weighted by molar-refractivity contribution is 5.00. The Balaban J connectivity index is 2.12. The van der Waals surface area contributed by atoms with E-state index in [1.165, 1.54) is 45.1 Å². The summed E-state index contributed by atoms with van der Waals surface area (Å²) in [7, 11) is 0. The molecule has 2 nitrogen and oxygen atoms in total. The molecule has 1 saturated carbocycles. The zero-order valence-corrected chi connectivity index (χ0v) is 12.8. The van der Waals surface area contributed by atoms with Gasteiger partial charge in [0.2, 0.25) is 0 Å². The highest BCUT2D eigenvalue weighted by Gasteiger charge is 2.44. The smallest absolute Gasteiger partial charge is 0.0335 e. The average Bonchev–Trinajstić information content (AvgIpc) is 2.33. The SMILES string of the molecule is CC1CCC(C)N(C2(CN)CCC(C)(C)CC2)C1. The third-order valence-corrected chi connectivity index (χ3v) is 5.64. The molecule has 0 radical (unpaired) electrons. The van der Waals surface area contributed by atoms with Gasteiger partial charge in [0, 0.05) is 24.7 Å². The first-order chi connectivity index (χ1) is 8.38. The summed E-state index contributed by atoms with van der Waals surface area (Å²) in [5, 5.41) is 0. The Morgan fingerprint density at radius 2 is 1.67 bits per heavy atom. The maximum Gasteiger partial charge on any atom is 0.0335 e. The van der Waals surface area contributed by atoms with Crippen LogP contribution in [0.5, 0.6) is 0 Å². The molecule has 0 aromatic heterocycles. The third-order valence-electron chi connectivity index (χ3n) is 5.64. The maximum absolute atomic E-state index is 6.22. The molecule has 0 aromatic rings. The summed E-state index contributed by atoms with van der Waals surface area (Å²) in [6.07, 6.45) is 8.01. The van der Waals surface area contributed by atoms with Crippen LogP contribution in [0.25, 0.3) is 0 Å². The Hall–Kier alpha value is -0.0800. The fraction of sp³-hybridized carbons (Fsp3) is 1.00. The lowest BCUT2D eigenvalue weighted by Gasteiger charge is -2.54. The zero-order chi connectivity index (χ0) is 13.4. The van der Waals surface area contributed by atoms with E-state index in [0.717, 1.165) is 18.5 Å². The molecule has 2 rings (SSSR count). The van der Waals surface area contributed by atoms with E-state index >= 15 is 0 Å². The normalized spacial score (nSPS) is 36.5. The number of rotatable bonds is 2. The Bertz CT molecular complexity index is 275. The van der Waals surface area contributed by atoms with Crippen LogP contribution in [0.2, 0.25) is 0 Å². The molecule has 2 N–H and O–H groups in total. The van der Waals surface area contributed by atoms with Gasteiger partial charge < -0.3 is 5.73 Å². The van der Waals surface area contributed by atoms with Gasteiger partial charge in [0.25, 0.3) is 0 Å². The van der Waals surface area contributed by atoms with Gasteiger partial charge in [-0.1, -0.05) is 20.8 Å². The molecule has 2 aliphatic rings. The van der Waals surface area contributed by atoms with Gasteiger partial charge in [-0.25, -0.2) is 0 Å². The van der Waals surface area contributed by atoms with Crippen LogP contribution in [0.15, 0.2) is 0 Å². The molecule has 0 bridgehead atoms. The molecule has 2 heteroatoms. The summed E-state index contributed by atoms with van der Waals surface area (Å²) >= 11 is 0. The minimum atomic E-state index is 0.309. The van der Waals surface area contributed by atoms with Crippen LogP contribution in [0, 0.1) is 11.3 Å². The van der Waals surface area contributed by atoms with Gasteiger partial charge in [-0.3, -0.25) is 4.90 Å². The van der Waals surface area contributed by atoms with E-state index in [4.69, 9.17) is 5.73 Å². The molecule has 1 aliphatic heterocycles. The fourth-order valence-electron chi connectivity index (χ4n) is 3.95. The molecule has 2 atom stereocenters. The van der Waals surface area contributed by atoms with E-state index in [2.05, 4.69) is 32.6 Å². The molecule has 1 heterocycles. The molecule has 106 valence electrons. The molecule has 2 fully saturated rings. The fourth-order valence-corrected chi connectivity index (χ4v) is 3.95. The van der Waals surface area contributed by atoms with Crippen LogP contribution >= 0.6 is 0 Å². The van der Waals surface area contributed by atoms with Crippen molar-refractivity contribution >= 4 is 0 Å². The van der Waals surface area contributed by atoms with Crippen molar-refractivity contribution in [3.8, 4) is 0 Å². The highest BCUT2D eigenvalue weighted by atomic mass is 15.2. The van der Waals surface area contributed by atoms with Crippen LogP contribution in [0.1, 0.15) is 66.2 Å². The van der Waals surface area contributed by atoms with Gasteiger partial charge in [-0.2, -0.15) is 0 Å². The van der Waals surface area contributed by atoms with Gasteiger partial charge in [0.05, 0.1) is 0 Å². The van der Waals surface area contributed by atoms with E-state index in [-0.39, 0.29) is 0 Å². The van der Waals surface area contributed by atoms with Crippen molar-refractivity contribution < 1.29 is 0 Å². The molecule has 0 amide bonds. The van der Waals surface area contributed by atoms with Crippen LogP contribution in [0.4, 0.5) is 0 Å². The van der Waals surface area contributed by atoms with E-state index in [1.54, 1.807) is 0 Å². The molecule has 0 aromatic carbocycles. The predicted molar refractivity (Wildman–Crippen MR) is 78.6 cm³/mol. The van der Waals surface area contributed by atoms with E-state index in [9.17, 15) is 0 Å².